The molecule has 0 aliphatic rings. The zero-order valence-corrected chi connectivity index (χ0v) is 37.0. The first-order chi connectivity index (χ1) is 26.8. The highest BCUT2D eigenvalue weighted by molar-refractivity contribution is 7.46. The van der Waals surface area contributed by atoms with Crippen molar-refractivity contribution < 1.29 is 37.9 Å². The number of rotatable bonds is 44. The SMILES string of the molecule is CCCC/C=C/CCCCCCCCCCCC(=O)O[C@H](COC(=O)CCCCCCCCCCCCCCCCCCCCCCCC)COP(=O)(O)O. The molecule has 9 heteroatoms. The minimum absolute atomic E-state index is 0.214. The number of carbonyl (C=O) groups excluding carboxylic acids is 2. The van der Waals surface area contributed by atoms with Crippen molar-refractivity contribution in [1.29, 1.82) is 0 Å². The van der Waals surface area contributed by atoms with Gasteiger partial charge in [-0.15, -0.1) is 0 Å². The highest BCUT2D eigenvalue weighted by atomic mass is 31.2. The van der Waals surface area contributed by atoms with Gasteiger partial charge in [-0.2, -0.15) is 0 Å². The first-order valence-electron chi connectivity index (χ1n) is 23.5. The van der Waals surface area contributed by atoms with Crippen LogP contribution in [0.2, 0.25) is 0 Å². The molecule has 0 saturated heterocycles. The van der Waals surface area contributed by atoms with Gasteiger partial charge in [-0.1, -0.05) is 219 Å². The largest absolute Gasteiger partial charge is 0.469 e. The third kappa shape index (κ3) is 45.4. The van der Waals surface area contributed by atoms with Gasteiger partial charge < -0.3 is 19.3 Å². The lowest BCUT2D eigenvalue weighted by Gasteiger charge is -2.18. The quantitative estimate of drug-likeness (QED) is 0.0271. The molecule has 0 aliphatic heterocycles. The monoisotopic (exact) mass is 801 g/mol. The van der Waals surface area contributed by atoms with E-state index >= 15 is 0 Å². The third-order valence-corrected chi connectivity index (χ3v) is 11.0. The number of hydrogen-bond acceptors (Lipinski definition) is 6. The standard InChI is InChI=1S/C46H89O8P/c1-3-5-7-9-11-13-15-17-19-20-21-22-23-24-25-27-28-30-32-34-36-38-40-45(47)52-42-44(43-53-55(49,50)51)54-46(48)41-39-37-35-33-31-29-26-18-16-14-12-10-8-6-4-2/h10,12,44H,3-9,11,13-43H2,1-2H3,(H2,49,50,51)/b12-10+/t44-/m1/s1. The van der Waals surface area contributed by atoms with Gasteiger partial charge in [0.05, 0.1) is 6.61 Å². The summed E-state index contributed by atoms with van der Waals surface area (Å²) in [4.78, 5) is 42.9. The van der Waals surface area contributed by atoms with Crippen molar-refractivity contribution >= 4 is 19.8 Å². The molecule has 0 aromatic carbocycles. The zero-order valence-electron chi connectivity index (χ0n) is 36.1. The Morgan fingerprint density at radius 3 is 1.16 bits per heavy atom. The van der Waals surface area contributed by atoms with Gasteiger partial charge in [-0.3, -0.25) is 14.1 Å². The van der Waals surface area contributed by atoms with Crippen LogP contribution in [0.4, 0.5) is 0 Å². The van der Waals surface area contributed by atoms with Crippen molar-refractivity contribution in [3.8, 4) is 0 Å². The Morgan fingerprint density at radius 2 is 0.782 bits per heavy atom. The Hall–Kier alpha value is -1.21. The van der Waals surface area contributed by atoms with Crippen molar-refractivity contribution in [3.63, 3.8) is 0 Å². The van der Waals surface area contributed by atoms with Crippen LogP contribution in [0.5, 0.6) is 0 Å². The summed E-state index contributed by atoms with van der Waals surface area (Å²) in [5.41, 5.74) is 0. The van der Waals surface area contributed by atoms with Crippen LogP contribution in [0, 0.1) is 0 Å². The summed E-state index contributed by atoms with van der Waals surface area (Å²) in [6.45, 7) is 3.69. The highest BCUT2D eigenvalue weighted by Crippen LogP contribution is 2.36. The Balaban J connectivity index is 3.78. The number of allylic oxidation sites excluding steroid dienone is 2. The van der Waals surface area contributed by atoms with E-state index in [1.54, 1.807) is 0 Å². The fourth-order valence-electron chi connectivity index (χ4n) is 7.00. The number of ether oxygens (including phenoxy) is 2. The molecule has 0 radical (unpaired) electrons. The van der Waals surface area contributed by atoms with Crippen LogP contribution in [0.3, 0.4) is 0 Å². The van der Waals surface area contributed by atoms with Crippen molar-refractivity contribution in [2.24, 2.45) is 0 Å². The maximum Gasteiger partial charge on any atom is 0.469 e. The normalized spacial score (nSPS) is 12.4. The molecule has 55 heavy (non-hydrogen) atoms. The van der Waals surface area contributed by atoms with Crippen molar-refractivity contribution in [3.05, 3.63) is 12.2 Å². The van der Waals surface area contributed by atoms with E-state index in [9.17, 15) is 14.2 Å². The van der Waals surface area contributed by atoms with Crippen LogP contribution in [-0.4, -0.2) is 41.0 Å². The molecule has 0 rings (SSSR count). The van der Waals surface area contributed by atoms with E-state index in [1.165, 1.54) is 180 Å². The topological polar surface area (TPSA) is 119 Å². The second-order valence-electron chi connectivity index (χ2n) is 16.1. The molecule has 0 saturated carbocycles. The van der Waals surface area contributed by atoms with E-state index in [-0.39, 0.29) is 19.4 Å². The third-order valence-electron chi connectivity index (χ3n) is 10.5. The van der Waals surface area contributed by atoms with Crippen LogP contribution in [0.15, 0.2) is 12.2 Å². The number of phosphoric ester groups is 1. The zero-order chi connectivity index (χ0) is 40.3. The summed E-state index contributed by atoms with van der Waals surface area (Å²) >= 11 is 0. The minimum Gasteiger partial charge on any atom is -0.462 e. The fourth-order valence-corrected chi connectivity index (χ4v) is 7.36. The predicted octanol–water partition coefficient (Wildman–Crippen LogP) is 14.6. The molecule has 0 amide bonds. The van der Waals surface area contributed by atoms with Crippen LogP contribution in [-0.2, 0) is 28.2 Å². The van der Waals surface area contributed by atoms with Crippen LogP contribution >= 0.6 is 7.82 Å². The molecular weight excluding hydrogens is 711 g/mol. The Morgan fingerprint density at radius 1 is 0.455 bits per heavy atom. The van der Waals surface area contributed by atoms with Gasteiger partial charge in [-0.25, -0.2) is 4.57 Å². The van der Waals surface area contributed by atoms with Gasteiger partial charge in [0.15, 0.2) is 6.10 Å². The lowest BCUT2D eigenvalue weighted by Crippen LogP contribution is -2.29. The highest BCUT2D eigenvalue weighted by Gasteiger charge is 2.23. The van der Waals surface area contributed by atoms with Crippen molar-refractivity contribution in [2.75, 3.05) is 13.2 Å². The molecule has 8 nitrogen and oxygen atoms in total. The van der Waals surface area contributed by atoms with E-state index in [0.717, 1.165) is 38.5 Å². The van der Waals surface area contributed by atoms with Crippen LogP contribution in [0.1, 0.15) is 251 Å². The van der Waals surface area contributed by atoms with E-state index in [4.69, 9.17) is 19.3 Å². The Kier molecular flexibility index (Phi) is 41.5. The second-order valence-corrected chi connectivity index (χ2v) is 17.3. The van der Waals surface area contributed by atoms with Crippen molar-refractivity contribution in [1.82, 2.24) is 0 Å². The lowest BCUT2D eigenvalue weighted by atomic mass is 10.0. The Bertz CT molecular complexity index is 904. The Labute approximate surface area is 339 Å². The average Bonchev–Trinajstić information content (AvgIpc) is 3.16. The fraction of sp³-hybridized carbons (Fsp3) is 0.913. The van der Waals surface area contributed by atoms with E-state index < -0.39 is 32.5 Å². The molecule has 0 aromatic rings. The molecule has 0 aliphatic carbocycles. The summed E-state index contributed by atoms with van der Waals surface area (Å²) in [5.74, 6) is -0.872. The molecule has 0 unspecified atom stereocenters. The van der Waals surface area contributed by atoms with Crippen LogP contribution < -0.4 is 0 Å². The van der Waals surface area contributed by atoms with Gasteiger partial charge in [-0.05, 0) is 32.1 Å². The maximum atomic E-state index is 12.4. The predicted molar refractivity (Wildman–Crippen MR) is 230 cm³/mol. The summed E-state index contributed by atoms with van der Waals surface area (Å²) in [6, 6.07) is 0. The molecule has 0 bridgehead atoms. The summed E-state index contributed by atoms with van der Waals surface area (Å²) in [6.07, 6.45) is 48.0. The molecule has 0 fully saturated rings. The second kappa shape index (κ2) is 42.4. The lowest BCUT2D eigenvalue weighted by molar-refractivity contribution is -0.161. The van der Waals surface area contributed by atoms with Crippen molar-refractivity contribution in [2.45, 2.75) is 258 Å². The van der Waals surface area contributed by atoms with Gasteiger partial charge in [0.25, 0.3) is 0 Å². The summed E-state index contributed by atoms with van der Waals surface area (Å²) < 4.78 is 26.5. The average molecular weight is 801 g/mol. The molecule has 326 valence electrons. The van der Waals surface area contributed by atoms with E-state index in [1.807, 2.05) is 0 Å². The first-order valence-corrected chi connectivity index (χ1v) is 25.0. The molecule has 1 atom stereocenters. The number of carbonyl (C=O) groups is 2. The number of unbranched alkanes of at least 4 members (excludes halogenated alkanes) is 32. The smallest absolute Gasteiger partial charge is 0.462 e. The van der Waals surface area contributed by atoms with Gasteiger partial charge >= 0.3 is 19.8 Å². The van der Waals surface area contributed by atoms with Gasteiger partial charge in [0.1, 0.15) is 6.61 Å². The number of phosphoric acid groups is 1. The van der Waals surface area contributed by atoms with E-state index in [0.29, 0.717) is 6.42 Å². The number of esters is 2. The maximum absolute atomic E-state index is 12.4. The molecule has 0 heterocycles. The summed E-state index contributed by atoms with van der Waals surface area (Å²) in [7, 11) is -4.75. The first kappa shape index (κ1) is 53.8. The molecular formula is C46H89O8P. The molecule has 0 spiro atoms. The van der Waals surface area contributed by atoms with Gasteiger partial charge in [0, 0.05) is 12.8 Å². The molecule has 2 N–H and O–H groups in total. The molecule has 0 aromatic heterocycles. The summed E-state index contributed by atoms with van der Waals surface area (Å²) in [5, 5.41) is 0. The van der Waals surface area contributed by atoms with Gasteiger partial charge in [0.2, 0.25) is 0 Å². The van der Waals surface area contributed by atoms with Crippen LogP contribution in [0.25, 0.3) is 0 Å². The van der Waals surface area contributed by atoms with E-state index in [2.05, 4.69) is 30.5 Å². The minimum atomic E-state index is -4.75. The number of hydrogen-bond donors (Lipinski definition) is 2.